The van der Waals surface area contributed by atoms with E-state index in [0.29, 0.717) is 17.5 Å². The summed E-state index contributed by atoms with van der Waals surface area (Å²) in [6, 6.07) is 68.5. The zero-order valence-corrected chi connectivity index (χ0v) is 33.4. The molecule has 4 aromatic heterocycles. The molecule has 0 atom stereocenters. The van der Waals surface area contributed by atoms with E-state index in [2.05, 4.69) is 180 Å². The summed E-state index contributed by atoms with van der Waals surface area (Å²) in [4.78, 5) is 16.3. The zero-order valence-electron chi connectivity index (χ0n) is 32.6. The van der Waals surface area contributed by atoms with Gasteiger partial charge >= 0.3 is 0 Å². The molecule has 13 rings (SSSR count). The number of nitrogens with zero attached hydrogens (tertiary/aromatic N) is 4. The topological polar surface area (TPSA) is 56.7 Å². The fourth-order valence-electron chi connectivity index (χ4n) is 9.24. The van der Waals surface area contributed by atoms with Gasteiger partial charge in [-0.05, 0) is 70.4 Å². The molecule has 4 heterocycles. The van der Waals surface area contributed by atoms with Crippen LogP contribution in [0.25, 0.3) is 126 Å². The van der Waals surface area contributed by atoms with Crippen LogP contribution in [0.1, 0.15) is 0 Å². The van der Waals surface area contributed by atoms with Gasteiger partial charge in [-0.25, -0.2) is 15.0 Å². The van der Waals surface area contributed by atoms with Crippen LogP contribution in [0, 0.1) is 0 Å². The normalized spacial score (nSPS) is 11.9. The summed E-state index contributed by atoms with van der Waals surface area (Å²) >= 11 is 1.79. The highest BCUT2D eigenvalue weighted by Crippen LogP contribution is 2.44. The highest BCUT2D eigenvalue weighted by Gasteiger charge is 2.25. The molecule has 13 aromatic rings. The number of hydrogen-bond acceptors (Lipinski definition) is 5. The SMILES string of the molecule is c1ccc(-c2ccc(-c3nc(-c4c(-n5c6ccccc6c6cc7ccccc7cc65)ccc5c4oc4ccccc45)nc(-c4cccc5sc6ccccc6c45)n3)cc2)cc1. The summed E-state index contributed by atoms with van der Waals surface area (Å²) in [6.45, 7) is 0. The van der Waals surface area contributed by atoms with Gasteiger partial charge in [-0.3, -0.25) is 0 Å². The summed E-state index contributed by atoms with van der Waals surface area (Å²) < 4.78 is 11.7. The Bertz CT molecular complexity index is 3880. The minimum atomic E-state index is 0.537. The molecule has 0 aliphatic carbocycles. The molecule has 284 valence electrons. The first-order valence-corrected chi connectivity index (χ1v) is 21.2. The molecule has 0 saturated carbocycles. The Labute approximate surface area is 353 Å². The average Bonchev–Trinajstić information content (AvgIpc) is 4.00. The molecule has 0 N–H and O–H groups in total. The molecule has 61 heavy (non-hydrogen) atoms. The quantitative estimate of drug-likeness (QED) is 0.174. The molecule has 0 fully saturated rings. The second-order valence-corrected chi connectivity index (χ2v) is 16.6. The first kappa shape index (κ1) is 34.0. The summed E-state index contributed by atoms with van der Waals surface area (Å²) in [7, 11) is 0. The highest BCUT2D eigenvalue weighted by atomic mass is 32.1. The van der Waals surface area contributed by atoms with Crippen LogP contribution in [0.2, 0.25) is 0 Å². The minimum Gasteiger partial charge on any atom is -0.455 e. The summed E-state index contributed by atoms with van der Waals surface area (Å²) in [5.41, 5.74) is 9.59. The van der Waals surface area contributed by atoms with E-state index >= 15 is 0 Å². The second kappa shape index (κ2) is 13.3. The molecule has 0 spiro atoms. The Morgan fingerprint density at radius 1 is 0.410 bits per heavy atom. The minimum absolute atomic E-state index is 0.537. The van der Waals surface area contributed by atoms with Crippen LogP contribution in [0.15, 0.2) is 199 Å². The van der Waals surface area contributed by atoms with E-state index in [1.54, 1.807) is 11.3 Å². The molecule has 0 bridgehead atoms. The van der Waals surface area contributed by atoms with E-state index in [1.807, 2.05) is 18.2 Å². The van der Waals surface area contributed by atoms with Crippen LogP contribution in [-0.4, -0.2) is 19.5 Å². The second-order valence-electron chi connectivity index (χ2n) is 15.5. The Hall–Kier alpha value is -7.93. The van der Waals surface area contributed by atoms with Crippen molar-refractivity contribution in [3.63, 3.8) is 0 Å². The third-order valence-corrected chi connectivity index (χ3v) is 13.2. The molecular weight excluding hydrogens is 765 g/mol. The lowest BCUT2D eigenvalue weighted by Gasteiger charge is -2.16. The molecule has 0 aliphatic heterocycles. The number of hydrogen-bond donors (Lipinski definition) is 0. The fourth-order valence-corrected chi connectivity index (χ4v) is 10.4. The van der Waals surface area contributed by atoms with Gasteiger partial charge in [0, 0.05) is 52.8 Å². The molecule has 0 unspecified atom stereocenters. The van der Waals surface area contributed by atoms with Crippen LogP contribution in [-0.2, 0) is 0 Å². The van der Waals surface area contributed by atoms with Crippen LogP contribution in [0.4, 0.5) is 0 Å². The number of fused-ring (bicyclic) bond motifs is 10. The zero-order chi connectivity index (χ0) is 40.0. The number of thiophene rings is 1. The smallest absolute Gasteiger partial charge is 0.170 e. The molecule has 0 saturated heterocycles. The highest BCUT2D eigenvalue weighted by molar-refractivity contribution is 7.25. The van der Waals surface area contributed by atoms with Gasteiger partial charge in [-0.15, -0.1) is 11.3 Å². The van der Waals surface area contributed by atoms with E-state index in [-0.39, 0.29) is 0 Å². The monoisotopic (exact) mass is 796 g/mol. The van der Waals surface area contributed by atoms with E-state index in [9.17, 15) is 0 Å². The van der Waals surface area contributed by atoms with Crippen molar-refractivity contribution in [2.75, 3.05) is 0 Å². The van der Waals surface area contributed by atoms with Crippen molar-refractivity contribution in [1.82, 2.24) is 19.5 Å². The van der Waals surface area contributed by atoms with Gasteiger partial charge in [0.15, 0.2) is 17.5 Å². The van der Waals surface area contributed by atoms with Gasteiger partial charge in [0.1, 0.15) is 11.2 Å². The van der Waals surface area contributed by atoms with Gasteiger partial charge in [0.05, 0.1) is 22.3 Å². The number of benzene rings is 9. The molecule has 0 aliphatic rings. The number of para-hydroxylation sites is 2. The lowest BCUT2D eigenvalue weighted by atomic mass is 10.0. The van der Waals surface area contributed by atoms with Crippen LogP contribution >= 0.6 is 11.3 Å². The third kappa shape index (κ3) is 5.29. The Kier molecular flexibility index (Phi) is 7.41. The largest absolute Gasteiger partial charge is 0.455 e. The molecule has 0 radical (unpaired) electrons. The number of furan rings is 1. The van der Waals surface area contributed by atoms with E-state index in [0.717, 1.165) is 71.9 Å². The Morgan fingerprint density at radius 3 is 1.93 bits per heavy atom. The van der Waals surface area contributed by atoms with Crippen molar-refractivity contribution in [3.8, 4) is 51.0 Å². The molecular formula is C55H32N4OS. The third-order valence-electron chi connectivity index (χ3n) is 12.1. The van der Waals surface area contributed by atoms with Gasteiger partial charge in [0.2, 0.25) is 0 Å². The molecule has 9 aromatic carbocycles. The van der Waals surface area contributed by atoms with Crippen molar-refractivity contribution < 1.29 is 4.42 Å². The maximum absolute atomic E-state index is 6.93. The molecule has 6 heteroatoms. The Morgan fingerprint density at radius 2 is 1.07 bits per heavy atom. The van der Waals surface area contributed by atoms with E-state index in [1.165, 1.54) is 36.3 Å². The van der Waals surface area contributed by atoms with Gasteiger partial charge in [0.25, 0.3) is 0 Å². The molecule has 5 nitrogen and oxygen atoms in total. The van der Waals surface area contributed by atoms with Crippen molar-refractivity contribution in [1.29, 1.82) is 0 Å². The van der Waals surface area contributed by atoms with E-state index in [4.69, 9.17) is 19.4 Å². The van der Waals surface area contributed by atoms with Crippen molar-refractivity contribution in [3.05, 3.63) is 194 Å². The van der Waals surface area contributed by atoms with Crippen LogP contribution in [0.3, 0.4) is 0 Å². The first-order valence-electron chi connectivity index (χ1n) is 20.4. The van der Waals surface area contributed by atoms with Crippen molar-refractivity contribution >= 4 is 86.0 Å². The number of rotatable bonds is 5. The van der Waals surface area contributed by atoms with Crippen LogP contribution in [0.5, 0.6) is 0 Å². The fraction of sp³-hybridized carbons (Fsp3) is 0. The molecule has 0 amide bonds. The van der Waals surface area contributed by atoms with Crippen molar-refractivity contribution in [2.24, 2.45) is 0 Å². The summed E-state index contributed by atoms with van der Waals surface area (Å²) in [6.07, 6.45) is 0. The van der Waals surface area contributed by atoms with Crippen LogP contribution < -0.4 is 0 Å². The van der Waals surface area contributed by atoms with Gasteiger partial charge in [-0.2, -0.15) is 0 Å². The Balaban J connectivity index is 1.15. The van der Waals surface area contributed by atoms with Crippen molar-refractivity contribution in [2.45, 2.75) is 0 Å². The summed E-state index contributed by atoms with van der Waals surface area (Å²) in [5, 5.41) is 9.09. The van der Waals surface area contributed by atoms with Gasteiger partial charge < -0.3 is 8.98 Å². The van der Waals surface area contributed by atoms with E-state index < -0.39 is 0 Å². The predicted molar refractivity (Wildman–Crippen MR) is 254 cm³/mol. The predicted octanol–water partition coefficient (Wildman–Crippen LogP) is 15.1. The standard InChI is InChI=1S/C55H32N4OS/c1-2-13-33(14-3-1)34-25-27-35(28-26-34)53-56-54(42-20-12-24-49-50(42)41-19-8-11-23-48(41)61-49)58-55(57-53)51-45(30-29-40-39-18-7-10-22-47(39)60-52(40)51)59-44-21-9-6-17-38(44)43-31-36-15-4-5-16-37(36)32-46(43)59/h1-32H. The summed E-state index contributed by atoms with van der Waals surface area (Å²) in [5.74, 6) is 1.73. The van der Waals surface area contributed by atoms with Gasteiger partial charge in [-0.1, -0.05) is 146 Å². The lowest BCUT2D eigenvalue weighted by Crippen LogP contribution is -2.04. The maximum atomic E-state index is 6.93. The average molecular weight is 797 g/mol. The first-order chi connectivity index (χ1) is 30.2. The lowest BCUT2D eigenvalue weighted by molar-refractivity contribution is 0.669. The maximum Gasteiger partial charge on any atom is 0.170 e. The number of aromatic nitrogens is 4.